The SMILES string of the molecule is CCOc1cc2c(cc1NC(=O)c1cc(C(=O)OC)cc([N+](=O)[O-])c1)O[C@@H](C)C2. The van der Waals surface area contributed by atoms with Gasteiger partial charge in [0.15, 0.2) is 0 Å². The number of nitrogens with one attached hydrogen (secondary N) is 1. The maximum absolute atomic E-state index is 12.8. The van der Waals surface area contributed by atoms with Crippen LogP contribution >= 0.6 is 0 Å². The van der Waals surface area contributed by atoms with Crippen LogP contribution in [0, 0.1) is 10.1 Å². The van der Waals surface area contributed by atoms with Gasteiger partial charge in [0.1, 0.15) is 17.6 Å². The van der Waals surface area contributed by atoms with Crippen molar-refractivity contribution in [3.05, 3.63) is 57.1 Å². The molecule has 1 amide bonds. The Morgan fingerprint density at radius 2 is 1.97 bits per heavy atom. The van der Waals surface area contributed by atoms with Gasteiger partial charge in [-0.05, 0) is 26.0 Å². The van der Waals surface area contributed by atoms with Gasteiger partial charge in [0.25, 0.3) is 11.6 Å². The van der Waals surface area contributed by atoms with Gasteiger partial charge in [0.2, 0.25) is 0 Å². The van der Waals surface area contributed by atoms with Crippen LogP contribution in [0.4, 0.5) is 11.4 Å². The van der Waals surface area contributed by atoms with Crippen LogP contribution in [0.1, 0.15) is 40.1 Å². The van der Waals surface area contributed by atoms with Gasteiger partial charge >= 0.3 is 5.97 Å². The van der Waals surface area contributed by atoms with Crippen LogP contribution in [-0.2, 0) is 11.2 Å². The third-order valence-corrected chi connectivity index (χ3v) is 4.36. The number of fused-ring (bicyclic) bond motifs is 1. The molecular formula is C20H20N2O7. The normalized spacial score (nSPS) is 14.5. The first kappa shape index (κ1) is 20.1. The van der Waals surface area contributed by atoms with E-state index in [4.69, 9.17) is 9.47 Å². The second-order valence-corrected chi connectivity index (χ2v) is 6.49. The summed E-state index contributed by atoms with van der Waals surface area (Å²) in [5.41, 5.74) is 0.798. The Balaban J connectivity index is 1.96. The molecule has 1 atom stereocenters. The van der Waals surface area contributed by atoms with E-state index in [1.807, 2.05) is 19.9 Å². The summed E-state index contributed by atoms with van der Waals surface area (Å²) in [5.74, 6) is -0.301. The molecule has 0 fully saturated rings. The van der Waals surface area contributed by atoms with Crippen LogP contribution in [0.15, 0.2) is 30.3 Å². The summed E-state index contributed by atoms with van der Waals surface area (Å²) in [6, 6.07) is 6.86. The number of benzene rings is 2. The molecule has 1 N–H and O–H groups in total. The number of ether oxygens (including phenoxy) is 3. The van der Waals surface area contributed by atoms with Crippen LogP contribution in [-0.4, -0.2) is 36.6 Å². The number of methoxy groups -OCH3 is 1. The Morgan fingerprint density at radius 1 is 1.24 bits per heavy atom. The lowest BCUT2D eigenvalue weighted by atomic mass is 10.1. The number of esters is 1. The molecule has 0 aromatic heterocycles. The van der Waals surface area contributed by atoms with Gasteiger partial charge in [-0.2, -0.15) is 0 Å². The number of hydrogen-bond acceptors (Lipinski definition) is 7. The van der Waals surface area contributed by atoms with Crippen molar-refractivity contribution in [2.45, 2.75) is 26.4 Å². The molecule has 1 aliphatic heterocycles. The van der Waals surface area contributed by atoms with Gasteiger partial charge < -0.3 is 19.5 Å². The molecule has 29 heavy (non-hydrogen) atoms. The van der Waals surface area contributed by atoms with E-state index < -0.39 is 22.5 Å². The fourth-order valence-corrected chi connectivity index (χ4v) is 3.09. The molecule has 9 nitrogen and oxygen atoms in total. The lowest BCUT2D eigenvalue weighted by Gasteiger charge is -2.14. The van der Waals surface area contributed by atoms with Crippen molar-refractivity contribution >= 4 is 23.3 Å². The van der Waals surface area contributed by atoms with Crippen LogP contribution in [0.3, 0.4) is 0 Å². The summed E-state index contributed by atoms with van der Waals surface area (Å²) in [4.78, 5) is 35.1. The number of nitro groups is 1. The van der Waals surface area contributed by atoms with Gasteiger partial charge in [-0.3, -0.25) is 14.9 Å². The highest BCUT2D eigenvalue weighted by molar-refractivity contribution is 6.07. The number of hydrogen-bond donors (Lipinski definition) is 1. The van der Waals surface area contributed by atoms with Crippen LogP contribution < -0.4 is 14.8 Å². The predicted molar refractivity (Wildman–Crippen MR) is 104 cm³/mol. The average Bonchev–Trinajstić information content (AvgIpc) is 3.06. The zero-order valence-electron chi connectivity index (χ0n) is 16.2. The minimum atomic E-state index is -0.780. The number of amides is 1. The van der Waals surface area contributed by atoms with Crippen molar-refractivity contribution in [2.75, 3.05) is 19.0 Å². The second kappa shape index (κ2) is 8.17. The zero-order valence-corrected chi connectivity index (χ0v) is 16.2. The minimum Gasteiger partial charge on any atom is -0.492 e. The maximum atomic E-state index is 12.8. The lowest BCUT2D eigenvalue weighted by Crippen LogP contribution is -2.15. The molecule has 2 aromatic carbocycles. The molecule has 0 saturated heterocycles. The summed E-state index contributed by atoms with van der Waals surface area (Å²) in [5, 5.41) is 13.9. The van der Waals surface area contributed by atoms with E-state index in [-0.39, 0.29) is 17.2 Å². The first-order valence-corrected chi connectivity index (χ1v) is 8.98. The summed E-state index contributed by atoms with van der Waals surface area (Å²) in [7, 11) is 1.15. The molecular weight excluding hydrogens is 380 g/mol. The first-order valence-electron chi connectivity index (χ1n) is 8.98. The lowest BCUT2D eigenvalue weighted by molar-refractivity contribution is -0.384. The van der Waals surface area contributed by atoms with Crippen molar-refractivity contribution in [2.24, 2.45) is 0 Å². The summed E-state index contributed by atoms with van der Waals surface area (Å²) in [6.45, 7) is 4.15. The highest BCUT2D eigenvalue weighted by Crippen LogP contribution is 2.38. The van der Waals surface area contributed by atoms with Crippen LogP contribution in [0.5, 0.6) is 11.5 Å². The van der Waals surface area contributed by atoms with E-state index in [0.717, 1.165) is 31.2 Å². The molecule has 0 unspecified atom stereocenters. The number of nitrogens with zero attached hydrogens (tertiary/aromatic N) is 1. The highest BCUT2D eigenvalue weighted by atomic mass is 16.6. The molecule has 1 heterocycles. The van der Waals surface area contributed by atoms with Crippen molar-refractivity contribution in [1.82, 2.24) is 0 Å². The monoisotopic (exact) mass is 400 g/mol. The Morgan fingerprint density at radius 3 is 2.62 bits per heavy atom. The fourth-order valence-electron chi connectivity index (χ4n) is 3.09. The zero-order chi connectivity index (χ0) is 21.1. The van der Waals surface area contributed by atoms with Crippen LogP contribution in [0.25, 0.3) is 0 Å². The van der Waals surface area contributed by atoms with E-state index in [2.05, 4.69) is 10.1 Å². The predicted octanol–water partition coefficient (Wildman–Crippen LogP) is 3.36. The molecule has 0 radical (unpaired) electrons. The van der Waals surface area contributed by atoms with Gasteiger partial charge in [-0.25, -0.2) is 4.79 Å². The standard InChI is InChI=1S/C20H20N2O7/c1-4-28-18-9-12-5-11(2)29-17(12)10-16(18)21-19(23)13-6-14(20(24)27-3)8-15(7-13)22(25)26/h6-11H,4-5H2,1-3H3,(H,21,23)/t11-/m0/s1. The molecule has 0 spiro atoms. The largest absolute Gasteiger partial charge is 0.492 e. The first-order chi connectivity index (χ1) is 13.8. The molecule has 0 bridgehead atoms. The molecule has 9 heteroatoms. The van der Waals surface area contributed by atoms with Crippen molar-refractivity contribution < 1.29 is 28.7 Å². The van der Waals surface area contributed by atoms with Gasteiger partial charge in [-0.15, -0.1) is 0 Å². The fraction of sp³-hybridized carbons (Fsp3) is 0.300. The third kappa shape index (κ3) is 4.29. The summed E-state index contributed by atoms with van der Waals surface area (Å²) >= 11 is 0. The smallest absolute Gasteiger partial charge is 0.338 e. The second-order valence-electron chi connectivity index (χ2n) is 6.49. The number of carbonyl (C=O) groups excluding carboxylic acids is 2. The molecule has 0 aliphatic carbocycles. The molecule has 2 aromatic rings. The highest BCUT2D eigenvalue weighted by Gasteiger charge is 2.24. The Bertz CT molecular complexity index is 987. The molecule has 3 rings (SSSR count). The number of nitro benzene ring substituents is 1. The van der Waals surface area contributed by atoms with Gasteiger partial charge in [-0.1, -0.05) is 0 Å². The number of anilines is 1. The number of non-ortho nitro benzene ring substituents is 1. The van der Waals surface area contributed by atoms with Gasteiger partial charge in [0.05, 0.1) is 29.9 Å². The maximum Gasteiger partial charge on any atom is 0.338 e. The van der Waals surface area contributed by atoms with E-state index >= 15 is 0 Å². The molecule has 1 aliphatic rings. The Labute approximate surface area is 166 Å². The third-order valence-electron chi connectivity index (χ3n) is 4.36. The topological polar surface area (TPSA) is 117 Å². The summed E-state index contributed by atoms with van der Waals surface area (Å²) < 4.78 is 16.0. The summed E-state index contributed by atoms with van der Waals surface area (Å²) in [6.07, 6.45) is 0.751. The molecule has 0 saturated carbocycles. The van der Waals surface area contributed by atoms with E-state index in [9.17, 15) is 19.7 Å². The Kier molecular flexibility index (Phi) is 5.67. The molecule has 152 valence electrons. The van der Waals surface area contributed by atoms with Crippen molar-refractivity contribution in [1.29, 1.82) is 0 Å². The van der Waals surface area contributed by atoms with E-state index in [1.165, 1.54) is 6.07 Å². The van der Waals surface area contributed by atoms with Crippen molar-refractivity contribution in [3.8, 4) is 11.5 Å². The average molecular weight is 400 g/mol. The van der Waals surface area contributed by atoms with Crippen molar-refractivity contribution in [3.63, 3.8) is 0 Å². The number of carbonyl (C=O) groups is 2. The van der Waals surface area contributed by atoms with Crippen LogP contribution in [0.2, 0.25) is 0 Å². The quantitative estimate of drug-likeness (QED) is 0.449. The number of rotatable bonds is 6. The van der Waals surface area contributed by atoms with E-state index in [0.29, 0.717) is 23.8 Å². The Hall–Kier alpha value is -3.62. The minimum absolute atomic E-state index is 0.0183. The van der Waals surface area contributed by atoms with Gasteiger partial charge in [0, 0.05) is 35.7 Å². The van der Waals surface area contributed by atoms with E-state index in [1.54, 1.807) is 6.07 Å².